The molecule has 0 aromatic rings. The summed E-state index contributed by atoms with van der Waals surface area (Å²) in [5.41, 5.74) is 5.09. The second-order valence-electron chi connectivity index (χ2n) is 5.78. The Balaban J connectivity index is 0.00000441. The number of halogens is 1. The number of primary amides is 1. The van der Waals surface area contributed by atoms with Crippen LogP contribution >= 0.6 is 12.4 Å². The number of rotatable bonds is 8. The number of hydrogen-bond donors (Lipinski definition) is 4. The van der Waals surface area contributed by atoms with Gasteiger partial charge in [-0.2, -0.15) is 0 Å². The fourth-order valence-corrected chi connectivity index (χ4v) is 2.80. The zero-order chi connectivity index (χ0) is 15.5. The van der Waals surface area contributed by atoms with Crippen LogP contribution in [0.25, 0.3) is 0 Å². The molecule has 1 rings (SSSR count). The van der Waals surface area contributed by atoms with Crippen molar-refractivity contribution < 1.29 is 9.59 Å². The standard InChI is InChI=1S/C15H30N4O2.ClH/c1-2-7-13(19-15(16)21)14(20)18-11-10-17-12-8-5-3-4-6-9-12;/h12-13,17H,2-11H2,1H3,(H,18,20)(H3,16,19,21);1H/t13-;/m1./s1. The van der Waals surface area contributed by atoms with Gasteiger partial charge in [-0.1, -0.05) is 39.0 Å². The fraction of sp³-hybridized carbons (Fsp3) is 0.867. The minimum atomic E-state index is -0.653. The third-order valence-corrected chi connectivity index (χ3v) is 3.92. The lowest BCUT2D eigenvalue weighted by molar-refractivity contribution is -0.123. The summed E-state index contributed by atoms with van der Waals surface area (Å²) < 4.78 is 0. The minimum absolute atomic E-state index is 0. The van der Waals surface area contributed by atoms with E-state index >= 15 is 0 Å². The number of nitrogens with one attached hydrogen (secondary N) is 3. The average Bonchev–Trinajstić information content (AvgIpc) is 2.71. The molecular weight excluding hydrogens is 304 g/mol. The zero-order valence-electron chi connectivity index (χ0n) is 13.5. The van der Waals surface area contributed by atoms with Gasteiger partial charge in [-0.05, 0) is 19.3 Å². The van der Waals surface area contributed by atoms with Crippen LogP contribution in [0.15, 0.2) is 0 Å². The monoisotopic (exact) mass is 334 g/mol. The van der Waals surface area contributed by atoms with Crippen molar-refractivity contribution in [1.29, 1.82) is 0 Å². The molecule has 1 fully saturated rings. The van der Waals surface area contributed by atoms with E-state index in [9.17, 15) is 9.59 Å². The molecule has 130 valence electrons. The average molecular weight is 335 g/mol. The maximum Gasteiger partial charge on any atom is 0.312 e. The Kier molecular flexibility index (Phi) is 12.0. The highest BCUT2D eigenvalue weighted by Crippen LogP contribution is 2.16. The van der Waals surface area contributed by atoms with Crippen LogP contribution in [-0.2, 0) is 4.79 Å². The molecule has 0 heterocycles. The van der Waals surface area contributed by atoms with Crippen molar-refractivity contribution in [2.45, 2.75) is 70.4 Å². The van der Waals surface area contributed by atoms with Gasteiger partial charge in [0.25, 0.3) is 0 Å². The number of urea groups is 1. The van der Waals surface area contributed by atoms with Crippen LogP contribution in [0.1, 0.15) is 58.3 Å². The first-order chi connectivity index (χ1) is 10.1. The Hall–Kier alpha value is -1.01. The highest BCUT2D eigenvalue weighted by Gasteiger charge is 2.18. The molecular formula is C15H31ClN4O2. The van der Waals surface area contributed by atoms with Crippen LogP contribution in [0.3, 0.4) is 0 Å². The predicted octanol–water partition coefficient (Wildman–Crippen LogP) is 1.67. The van der Waals surface area contributed by atoms with Crippen LogP contribution in [0, 0.1) is 0 Å². The summed E-state index contributed by atoms with van der Waals surface area (Å²) in [6, 6.07) is -0.592. The minimum Gasteiger partial charge on any atom is -0.353 e. The largest absolute Gasteiger partial charge is 0.353 e. The molecule has 22 heavy (non-hydrogen) atoms. The molecule has 3 amide bonds. The van der Waals surface area contributed by atoms with Gasteiger partial charge in [0.05, 0.1) is 0 Å². The van der Waals surface area contributed by atoms with Crippen LogP contribution in [0.5, 0.6) is 0 Å². The van der Waals surface area contributed by atoms with Crippen molar-refractivity contribution in [2.75, 3.05) is 13.1 Å². The summed E-state index contributed by atoms with van der Waals surface area (Å²) in [5.74, 6) is -0.154. The number of amides is 3. The van der Waals surface area contributed by atoms with Crippen molar-refractivity contribution in [2.24, 2.45) is 5.73 Å². The van der Waals surface area contributed by atoms with Crippen molar-refractivity contribution in [1.82, 2.24) is 16.0 Å². The van der Waals surface area contributed by atoms with Crippen molar-refractivity contribution in [3.63, 3.8) is 0 Å². The Morgan fingerprint density at radius 2 is 1.77 bits per heavy atom. The molecule has 0 radical (unpaired) electrons. The summed E-state index contributed by atoms with van der Waals surface area (Å²) >= 11 is 0. The number of carbonyl (C=O) groups is 2. The fourth-order valence-electron chi connectivity index (χ4n) is 2.80. The first-order valence-electron chi connectivity index (χ1n) is 8.20. The normalized spacial score (nSPS) is 17.0. The third-order valence-electron chi connectivity index (χ3n) is 3.92. The van der Waals surface area contributed by atoms with Crippen LogP contribution in [0.2, 0.25) is 0 Å². The molecule has 0 spiro atoms. The van der Waals surface area contributed by atoms with Crippen molar-refractivity contribution >= 4 is 24.3 Å². The van der Waals surface area contributed by atoms with E-state index in [-0.39, 0.29) is 18.3 Å². The second-order valence-corrected chi connectivity index (χ2v) is 5.78. The molecule has 1 saturated carbocycles. The van der Waals surface area contributed by atoms with Gasteiger partial charge < -0.3 is 21.7 Å². The summed E-state index contributed by atoms with van der Waals surface area (Å²) in [7, 11) is 0. The van der Waals surface area contributed by atoms with Gasteiger partial charge in [-0.3, -0.25) is 4.79 Å². The van der Waals surface area contributed by atoms with E-state index in [0.29, 0.717) is 19.0 Å². The van der Waals surface area contributed by atoms with E-state index in [1.165, 1.54) is 38.5 Å². The maximum atomic E-state index is 12.0. The first kappa shape index (κ1) is 21.0. The van der Waals surface area contributed by atoms with E-state index in [2.05, 4.69) is 16.0 Å². The number of nitrogens with two attached hydrogens (primary N) is 1. The van der Waals surface area contributed by atoms with Gasteiger partial charge in [0.1, 0.15) is 6.04 Å². The molecule has 7 heteroatoms. The predicted molar refractivity (Wildman–Crippen MR) is 91.2 cm³/mol. The van der Waals surface area contributed by atoms with Gasteiger partial charge in [0.2, 0.25) is 5.91 Å². The van der Waals surface area contributed by atoms with Gasteiger partial charge in [0.15, 0.2) is 0 Å². The molecule has 1 aliphatic rings. The van der Waals surface area contributed by atoms with E-state index in [1.54, 1.807) is 0 Å². The van der Waals surface area contributed by atoms with Crippen LogP contribution in [-0.4, -0.2) is 37.1 Å². The van der Waals surface area contributed by atoms with Gasteiger partial charge >= 0.3 is 6.03 Å². The lowest BCUT2D eigenvalue weighted by Crippen LogP contribution is -2.49. The zero-order valence-corrected chi connectivity index (χ0v) is 14.3. The first-order valence-corrected chi connectivity index (χ1v) is 8.20. The lowest BCUT2D eigenvalue weighted by Gasteiger charge is -2.18. The molecule has 1 aliphatic carbocycles. The third kappa shape index (κ3) is 9.10. The quantitative estimate of drug-likeness (QED) is 0.401. The molecule has 0 bridgehead atoms. The van der Waals surface area contributed by atoms with Gasteiger partial charge in [-0.15, -0.1) is 12.4 Å². The smallest absolute Gasteiger partial charge is 0.312 e. The molecule has 6 nitrogen and oxygen atoms in total. The highest BCUT2D eigenvalue weighted by molar-refractivity contribution is 5.86. The Bertz CT molecular complexity index is 321. The summed E-state index contributed by atoms with van der Waals surface area (Å²) in [6.45, 7) is 3.32. The van der Waals surface area contributed by atoms with E-state index in [4.69, 9.17) is 5.73 Å². The highest BCUT2D eigenvalue weighted by atomic mass is 35.5. The molecule has 0 unspecified atom stereocenters. The molecule has 5 N–H and O–H groups in total. The van der Waals surface area contributed by atoms with Crippen LogP contribution < -0.4 is 21.7 Å². The lowest BCUT2D eigenvalue weighted by atomic mass is 10.1. The van der Waals surface area contributed by atoms with Crippen molar-refractivity contribution in [3.05, 3.63) is 0 Å². The molecule has 0 aromatic heterocycles. The molecule has 0 aromatic carbocycles. The van der Waals surface area contributed by atoms with Crippen LogP contribution in [0.4, 0.5) is 4.79 Å². The molecule has 0 saturated heterocycles. The summed E-state index contributed by atoms with van der Waals surface area (Å²) in [4.78, 5) is 22.8. The Morgan fingerprint density at radius 1 is 1.14 bits per heavy atom. The van der Waals surface area contributed by atoms with E-state index in [0.717, 1.165) is 13.0 Å². The summed E-state index contributed by atoms with van der Waals surface area (Å²) in [5, 5.41) is 8.84. The maximum absolute atomic E-state index is 12.0. The molecule has 1 atom stereocenters. The second kappa shape index (κ2) is 12.5. The van der Waals surface area contributed by atoms with E-state index in [1.807, 2.05) is 6.92 Å². The van der Waals surface area contributed by atoms with E-state index < -0.39 is 12.1 Å². The number of hydrogen-bond acceptors (Lipinski definition) is 3. The summed E-state index contributed by atoms with van der Waals surface area (Å²) in [6.07, 6.45) is 9.16. The van der Waals surface area contributed by atoms with Crippen molar-refractivity contribution in [3.8, 4) is 0 Å². The number of carbonyl (C=O) groups excluding carboxylic acids is 2. The topological polar surface area (TPSA) is 96.2 Å². The molecule has 0 aliphatic heterocycles. The Labute approximate surface area is 139 Å². The Morgan fingerprint density at radius 3 is 2.32 bits per heavy atom. The SMILES string of the molecule is CCC[C@@H](NC(N)=O)C(=O)NCCNC1CCCCCC1.Cl. The van der Waals surface area contributed by atoms with Gasteiger partial charge in [0, 0.05) is 19.1 Å². The van der Waals surface area contributed by atoms with Gasteiger partial charge in [-0.25, -0.2) is 4.79 Å².